The van der Waals surface area contributed by atoms with Crippen molar-refractivity contribution in [3.05, 3.63) is 81.2 Å². The molecule has 4 aromatic heterocycles. The predicted octanol–water partition coefficient (Wildman–Crippen LogP) is 3.92. The van der Waals surface area contributed by atoms with Gasteiger partial charge in [-0.25, -0.2) is 9.37 Å². The Hall–Kier alpha value is -5.78. The van der Waals surface area contributed by atoms with Crippen molar-refractivity contribution < 1.29 is 37.0 Å². The molecule has 0 bridgehead atoms. The zero-order valence-corrected chi connectivity index (χ0v) is 29.0. The van der Waals surface area contributed by atoms with Crippen molar-refractivity contribution in [1.29, 1.82) is 0 Å². The first-order chi connectivity index (χ1) is 25.3. The fourth-order valence-corrected chi connectivity index (χ4v) is 6.82. The van der Waals surface area contributed by atoms with Crippen molar-refractivity contribution in [2.75, 3.05) is 49.6 Å². The number of amides is 2. The number of aromatic hydroxyl groups is 1. The van der Waals surface area contributed by atoms with Crippen LogP contribution in [-0.4, -0.2) is 89.9 Å². The normalized spacial score (nSPS) is 15.3. The van der Waals surface area contributed by atoms with E-state index in [9.17, 15) is 37.1 Å². The van der Waals surface area contributed by atoms with E-state index in [-0.39, 0.29) is 72.6 Å². The van der Waals surface area contributed by atoms with Crippen molar-refractivity contribution in [3.63, 3.8) is 0 Å². The lowest BCUT2D eigenvalue weighted by atomic mass is 10.1. The molecule has 2 amide bonds. The third-order valence-corrected chi connectivity index (χ3v) is 9.61. The quantitative estimate of drug-likeness (QED) is 0.237. The highest BCUT2D eigenvalue weighted by atomic mass is 19.4. The summed E-state index contributed by atoms with van der Waals surface area (Å²) < 4.78 is 64.2. The van der Waals surface area contributed by atoms with Crippen molar-refractivity contribution in [2.24, 2.45) is 7.05 Å². The highest BCUT2D eigenvalue weighted by molar-refractivity contribution is 6.01. The molecule has 2 N–H and O–H groups in total. The van der Waals surface area contributed by atoms with E-state index in [1.165, 1.54) is 17.7 Å². The molecule has 1 aromatic carbocycles. The molecule has 0 atom stereocenters. The van der Waals surface area contributed by atoms with Crippen LogP contribution in [0.4, 0.5) is 28.9 Å². The maximum atomic E-state index is 14.5. The Balaban J connectivity index is 1.22. The van der Waals surface area contributed by atoms with Gasteiger partial charge in [-0.2, -0.15) is 22.7 Å². The molecule has 0 unspecified atom stereocenters. The summed E-state index contributed by atoms with van der Waals surface area (Å²) in [5, 5.41) is 18.4. The second kappa shape index (κ2) is 13.6. The van der Waals surface area contributed by atoms with Crippen LogP contribution in [0.2, 0.25) is 0 Å². The van der Waals surface area contributed by atoms with E-state index in [1.54, 1.807) is 40.6 Å². The van der Waals surface area contributed by atoms with E-state index in [2.05, 4.69) is 20.4 Å². The summed E-state index contributed by atoms with van der Waals surface area (Å²) in [6.45, 7) is 4.25. The summed E-state index contributed by atoms with van der Waals surface area (Å²) in [5.41, 5.74) is -0.0646. The van der Waals surface area contributed by atoms with Crippen LogP contribution in [0.15, 0.2) is 41.5 Å². The van der Waals surface area contributed by atoms with Gasteiger partial charge in [0, 0.05) is 50.5 Å². The molecule has 0 spiro atoms. The van der Waals surface area contributed by atoms with Crippen molar-refractivity contribution >= 4 is 45.4 Å². The van der Waals surface area contributed by atoms with Gasteiger partial charge in [0.1, 0.15) is 18.0 Å². The largest absolute Gasteiger partial charge is 0.505 e. The number of nitrogens with one attached hydrogen (secondary N) is 1. The molecule has 53 heavy (non-hydrogen) atoms. The molecule has 7 rings (SSSR count). The van der Waals surface area contributed by atoms with E-state index in [1.807, 2.05) is 6.08 Å². The molecular formula is C35H35F4N9O5. The number of hydrogen-bond donors (Lipinski definition) is 2. The number of nitrogens with zero attached hydrogens (tertiary/aromatic N) is 8. The summed E-state index contributed by atoms with van der Waals surface area (Å²) in [6, 6.07) is 2.96. The SMILES string of the molecule is CCc1c(N2CCN(C(=O)c3ncc4c(ccn4C)c3O)CC2)c(=O)n2nc(C3=CCOCC3)nc2n1CC(=O)Nc1cc(F)c(C(F)(F)F)cc1C. The lowest BCUT2D eigenvalue weighted by molar-refractivity contribution is -0.140. The number of piperazine rings is 1. The monoisotopic (exact) mass is 737 g/mol. The van der Waals surface area contributed by atoms with Crippen LogP contribution in [0.25, 0.3) is 22.3 Å². The average Bonchev–Trinajstić information content (AvgIpc) is 3.76. The molecule has 1 saturated heterocycles. The zero-order chi connectivity index (χ0) is 37.8. The van der Waals surface area contributed by atoms with Gasteiger partial charge in [-0.3, -0.25) is 14.4 Å². The number of pyridine rings is 1. The number of ether oxygens (including phenoxy) is 1. The van der Waals surface area contributed by atoms with Crippen LogP contribution in [0.1, 0.15) is 46.5 Å². The van der Waals surface area contributed by atoms with Gasteiger partial charge < -0.3 is 34.1 Å². The molecule has 278 valence electrons. The smallest absolute Gasteiger partial charge is 0.419 e. The Morgan fingerprint density at radius 3 is 2.57 bits per heavy atom. The number of fused-ring (bicyclic) bond motifs is 2. The Kier molecular flexibility index (Phi) is 9.17. The first kappa shape index (κ1) is 35.6. The Morgan fingerprint density at radius 2 is 1.89 bits per heavy atom. The van der Waals surface area contributed by atoms with E-state index in [4.69, 9.17) is 4.74 Å². The summed E-state index contributed by atoms with van der Waals surface area (Å²) in [5.74, 6) is -2.57. The van der Waals surface area contributed by atoms with Crippen LogP contribution in [-0.2, 0) is 35.7 Å². The highest BCUT2D eigenvalue weighted by Crippen LogP contribution is 2.34. The second-order valence-corrected chi connectivity index (χ2v) is 12.9. The molecule has 2 aliphatic rings. The molecular weight excluding hydrogens is 702 g/mol. The van der Waals surface area contributed by atoms with Crippen LogP contribution in [0.5, 0.6) is 5.75 Å². The maximum Gasteiger partial charge on any atom is 0.419 e. The van der Waals surface area contributed by atoms with Crippen molar-refractivity contribution in [3.8, 4) is 5.75 Å². The van der Waals surface area contributed by atoms with Gasteiger partial charge in [-0.05, 0) is 49.1 Å². The van der Waals surface area contributed by atoms with E-state index in [0.717, 1.165) is 10.1 Å². The molecule has 18 heteroatoms. The van der Waals surface area contributed by atoms with Crippen molar-refractivity contribution in [2.45, 2.75) is 39.4 Å². The van der Waals surface area contributed by atoms with Gasteiger partial charge in [-0.15, -0.1) is 5.10 Å². The third-order valence-electron chi connectivity index (χ3n) is 9.61. The van der Waals surface area contributed by atoms with Crippen LogP contribution < -0.4 is 15.8 Å². The molecule has 0 radical (unpaired) electrons. The number of carbonyl (C=O) groups is 2. The Labute approximate surface area is 298 Å². The molecule has 0 aliphatic carbocycles. The van der Waals surface area contributed by atoms with Gasteiger partial charge in [0.15, 0.2) is 17.3 Å². The van der Waals surface area contributed by atoms with Gasteiger partial charge in [0.2, 0.25) is 11.7 Å². The molecule has 14 nitrogen and oxygen atoms in total. The topological polar surface area (TPSA) is 152 Å². The third kappa shape index (κ3) is 6.47. The number of benzene rings is 1. The molecule has 0 saturated carbocycles. The van der Waals surface area contributed by atoms with E-state index >= 15 is 0 Å². The Bertz CT molecular complexity index is 2370. The lowest BCUT2D eigenvalue weighted by Gasteiger charge is -2.36. The number of halogens is 4. The number of rotatable bonds is 7. The highest BCUT2D eigenvalue weighted by Gasteiger charge is 2.35. The van der Waals surface area contributed by atoms with E-state index in [0.29, 0.717) is 48.4 Å². The standard InChI is InChI=1S/C35H35F4N9O5/c1-4-25-29(45-9-11-46(12-10-45)32(51)28-30(50)21-5-8-44(3)26(21)17-40-28)33(52)48-34(42-31(43-48)20-6-13-53-14-7-20)47(25)18-27(49)41-24-16-23(36)22(15-19(24)2)35(37,38)39/h5-6,8,15-17,50H,4,7,9-14,18H2,1-3H3,(H,41,49). The average molecular weight is 738 g/mol. The van der Waals surface area contributed by atoms with Crippen LogP contribution in [0, 0.1) is 12.7 Å². The molecule has 6 heterocycles. The number of aromatic nitrogens is 6. The minimum absolute atomic E-state index is 0.00405. The summed E-state index contributed by atoms with van der Waals surface area (Å²) >= 11 is 0. The van der Waals surface area contributed by atoms with Gasteiger partial charge in [0.05, 0.1) is 36.2 Å². The fourth-order valence-electron chi connectivity index (χ4n) is 6.82. The van der Waals surface area contributed by atoms with Crippen LogP contribution in [0.3, 0.4) is 0 Å². The first-order valence-electron chi connectivity index (χ1n) is 16.9. The second-order valence-electron chi connectivity index (χ2n) is 12.9. The summed E-state index contributed by atoms with van der Waals surface area (Å²) in [7, 11) is 1.80. The number of anilines is 2. The van der Waals surface area contributed by atoms with Crippen LogP contribution >= 0.6 is 0 Å². The molecule has 2 aliphatic heterocycles. The zero-order valence-electron chi connectivity index (χ0n) is 29.0. The summed E-state index contributed by atoms with van der Waals surface area (Å²) in [6.07, 6.45) is 0.931. The minimum Gasteiger partial charge on any atom is -0.505 e. The van der Waals surface area contributed by atoms with Gasteiger partial charge in [-0.1, -0.05) is 13.0 Å². The maximum absolute atomic E-state index is 14.5. The molecule has 1 fully saturated rings. The number of aryl methyl sites for hydroxylation is 2. The Morgan fingerprint density at radius 1 is 1.13 bits per heavy atom. The number of alkyl halides is 3. The fraction of sp³-hybridized carbons (Fsp3) is 0.371. The first-order valence-corrected chi connectivity index (χ1v) is 16.9. The minimum atomic E-state index is -4.91. The predicted molar refractivity (Wildman–Crippen MR) is 185 cm³/mol. The van der Waals surface area contributed by atoms with Gasteiger partial charge in [0.25, 0.3) is 11.5 Å². The number of carbonyl (C=O) groups excluding carboxylic acids is 2. The van der Waals surface area contributed by atoms with Gasteiger partial charge >= 0.3 is 6.18 Å². The lowest BCUT2D eigenvalue weighted by Crippen LogP contribution is -2.51. The summed E-state index contributed by atoms with van der Waals surface area (Å²) in [4.78, 5) is 53.5. The van der Waals surface area contributed by atoms with E-state index < -0.39 is 41.5 Å². The van der Waals surface area contributed by atoms with Crippen molar-refractivity contribution in [1.82, 2.24) is 33.6 Å². The number of hydrogen-bond acceptors (Lipinski definition) is 9. The molecule has 5 aromatic rings.